The van der Waals surface area contributed by atoms with E-state index in [-0.39, 0.29) is 6.04 Å². The molecule has 0 saturated heterocycles. The fraction of sp³-hybridized carbons (Fsp3) is 0.375. The molecular formula is C16H20BrN3. The van der Waals surface area contributed by atoms with Gasteiger partial charge in [0.1, 0.15) is 0 Å². The van der Waals surface area contributed by atoms with Crippen LogP contribution in [0.5, 0.6) is 0 Å². The minimum Gasteiger partial charge on any atom is -0.328 e. The number of hydrogen-bond acceptors (Lipinski definition) is 3. The first-order chi connectivity index (χ1) is 9.36. The van der Waals surface area contributed by atoms with Crippen LogP contribution in [0.3, 0.4) is 0 Å². The van der Waals surface area contributed by atoms with Crippen LogP contribution in [0.4, 0.5) is 0 Å². The van der Waals surface area contributed by atoms with E-state index in [1.165, 1.54) is 11.1 Å². The summed E-state index contributed by atoms with van der Waals surface area (Å²) < 4.78 is 1.14. The summed E-state index contributed by atoms with van der Waals surface area (Å²) in [7, 11) is 0. The van der Waals surface area contributed by atoms with Crippen molar-refractivity contribution in [1.82, 2.24) is 9.97 Å². The van der Waals surface area contributed by atoms with Gasteiger partial charge in [-0.3, -0.25) is 0 Å². The van der Waals surface area contributed by atoms with Gasteiger partial charge in [0.15, 0.2) is 5.82 Å². The molecule has 2 rings (SSSR count). The fourth-order valence-corrected chi connectivity index (χ4v) is 2.50. The van der Waals surface area contributed by atoms with Crippen LogP contribution in [-0.2, 0) is 6.42 Å². The number of aryl methyl sites for hydroxylation is 3. The SMILES string of the molecule is Cc1cc(CC(C)N)nc(-c2cc(C)c(Br)c(C)c2)n1. The quantitative estimate of drug-likeness (QED) is 0.931. The Morgan fingerprint density at radius 3 is 2.25 bits per heavy atom. The lowest BCUT2D eigenvalue weighted by molar-refractivity contribution is 0.719. The van der Waals surface area contributed by atoms with E-state index >= 15 is 0 Å². The normalized spacial score (nSPS) is 12.5. The zero-order chi connectivity index (χ0) is 14.9. The standard InChI is InChI=1S/C16H20BrN3/c1-9-5-13(6-10(2)15(9)17)16-19-12(4)8-14(20-16)7-11(3)18/h5-6,8,11H,7,18H2,1-4H3. The number of nitrogens with zero attached hydrogens (tertiary/aromatic N) is 2. The molecule has 0 radical (unpaired) electrons. The van der Waals surface area contributed by atoms with E-state index in [1.54, 1.807) is 0 Å². The molecule has 20 heavy (non-hydrogen) atoms. The Bertz CT molecular complexity index is 613. The summed E-state index contributed by atoms with van der Waals surface area (Å²) in [6, 6.07) is 6.33. The summed E-state index contributed by atoms with van der Waals surface area (Å²) >= 11 is 3.59. The summed E-state index contributed by atoms with van der Waals surface area (Å²) in [4.78, 5) is 9.21. The van der Waals surface area contributed by atoms with Crippen molar-refractivity contribution in [3.8, 4) is 11.4 Å². The second kappa shape index (κ2) is 6.02. The molecule has 1 aromatic heterocycles. The Labute approximate surface area is 128 Å². The molecule has 2 N–H and O–H groups in total. The maximum atomic E-state index is 5.86. The molecule has 0 amide bonds. The van der Waals surface area contributed by atoms with Gasteiger partial charge in [-0.1, -0.05) is 15.9 Å². The summed E-state index contributed by atoms with van der Waals surface area (Å²) in [5.74, 6) is 0.777. The third kappa shape index (κ3) is 3.44. The van der Waals surface area contributed by atoms with Crippen molar-refractivity contribution in [2.24, 2.45) is 5.73 Å². The topological polar surface area (TPSA) is 51.8 Å². The van der Waals surface area contributed by atoms with Gasteiger partial charge in [0, 0.05) is 33.9 Å². The zero-order valence-electron chi connectivity index (χ0n) is 12.4. The first-order valence-corrected chi connectivity index (χ1v) is 7.53. The van der Waals surface area contributed by atoms with E-state index in [2.05, 4.69) is 51.9 Å². The molecule has 1 atom stereocenters. The maximum Gasteiger partial charge on any atom is 0.159 e. The van der Waals surface area contributed by atoms with Crippen molar-refractivity contribution in [2.75, 3.05) is 0 Å². The van der Waals surface area contributed by atoms with Crippen molar-refractivity contribution in [3.05, 3.63) is 45.2 Å². The number of hydrogen-bond donors (Lipinski definition) is 1. The van der Waals surface area contributed by atoms with Crippen LogP contribution in [0.15, 0.2) is 22.7 Å². The molecule has 106 valence electrons. The van der Waals surface area contributed by atoms with Gasteiger partial charge in [-0.15, -0.1) is 0 Å². The van der Waals surface area contributed by atoms with Crippen molar-refractivity contribution >= 4 is 15.9 Å². The Morgan fingerprint density at radius 1 is 1.10 bits per heavy atom. The highest BCUT2D eigenvalue weighted by Gasteiger charge is 2.09. The number of rotatable bonds is 3. The highest BCUT2D eigenvalue weighted by molar-refractivity contribution is 9.10. The van der Waals surface area contributed by atoms with Crippen LogP contribution < -0.4 is 5.73 Å². The summed E-state index contributed by atoms with van der Waals surface area (Å²) in [6.07, 6.45) is 0.769. The van der Waals surface area contributed by atoms with Crippen molar-refractivity contribution in [3.63, 3.8) is 0 Å². The van der Waals surface area contributed by atoms with Gasteiger partial charge in [-0.25, -0.2) is 9.97 Å². The smallest absolute Gasteiger partial charge is 0.159 e. The van der Waals surface area contributed by atoms with Gasteiger partial charge in [0.05, 0.1) is 0 Å². The van der Waals surface area contributed by atoms with E-state index in [0.29, 0.717) is 0 Å². The maximum absolute atomic E-state index is 5.86. The molecule has 4 heteroatoms. The van der Waals surface area contributed by atoms with E-state index in [0.717, 1.165) is 33.7 Å². The molecule has 0 saturated carbocycles. The monoisotopic (exact) mass is 333 g/mol. The average molecular weight is 334 g/mol. The van der Waals surface area contributed by atoms with E-state index in [9.17, 15) is 0 Å². The molecule has 0 aliphatic carbocycles. The van der Waals surface area contributed by atoms with Gasteiger partial charge in [0.25, 0.3) is 0 Å². The largest absolute Gasteiger partial charge is 0.328 e. The van der Waals surface area contributed by atoms with Gasteiger partial charge < -0.3 is 5.73 Å². The molecule has 0 fully saturated rings. The van der Waals surface area contributed by atoms with Crippen LogP contribution in [-0.4, -0.2) is 16.0 Å². The lowest BCUT2D eigenvalue weighted by atomic mass is 10.1. The van der Waals surface area contributed by atoms with Crippen LogP contribution >= 0.6 is 15.9 Å². The Kier molecular flexibility index (Phi) is 4.55. The number of halogens is 1. The van der Waals surface area contributed by atoms with Crippen molar-refractivity contribution in [1.29, 1.82) is 0 Å². The summed E-state index contributed by atoms with van der Waals surface area (Å²) in [6.45, 7) is 8.15. The molecule has 3 nitrogen and oxygen atoms in total. The second-order valence-electron chi connectivity index (χ2n) is 5.43. The molecule has 1 aromatic carbocycles. The Morgan fingerprint density at radius 2 is 1.70 bits per heavy atom. The number of nitrogens with two attached hydrogens (primary N) is 1. The van der Waals surface area contributed by atoms with Crippen LogP contribution in [0.1, 0.15) is 29.4 Å². The van der Waals surface area contributed by atoms with E-state index in [1.807, 2.05) is 19.9 Å². The zero-order valence-corrected chi connectivity index (χ0v) is 14.0. The van der Waals surface area contributed by atoms with Gasteiger partial charge in [-0.05, 0) is 57.0 Å². The highest BCUT2D eigenvalue weighted by atomic mass is 79.9. The molecule has 0 bridgehead atoms. The number of benzene rings is 1. The highest BCUT2D eigenvalue weighted by Crippen LogP contribution is 2.27. The first-order valence-electron chi connectivity index (χ1n) is 6.74. The van der Waals surface area contributed by atoms with Gasteiger partial charge in [-0.2, -0.15) is 0 Å². The van der Waals surface area contributed by atoms with Gasteiger partial charge in [0.2, 0.25) is 0 Å². The fourth-order valence-electron chi connectivity index (χ4n) is 2.27. The minimum absolute atomic E-state index is 0.102. The average Bonchev–Trinajstić information content (AvgIpc) is 2.33. The molecule has 0 aliphatic heterocycles. The predicted octanol–water partition coefficient (Wildman–Crippen LogP) is 3.72. The third-order valence-electron chi connectivity index (χ3n) is 3.13. The van der Waals surface area contributed by atoms with Crippen molar-refractivity contribution < 1.29 is 0 Å². The lowest BCUT2D eigenvalue weighted by Crippen LogP contribution is -2.19. The molecule has 0 spiro atoms. The predicted molar refractivity (Wildman–Crippen MR) is 86.7 cm³/mol. The first kappa shape index (κ1) is 15.1. The second-order valence-corrected chi connectivity index (χ2v) is 6.22. The lowest BCUT2D eigenvalue weighted by Gasteiger charge is -2.10. The molecular weight excluding hydrogens is 314 g/mol. The van der Waals surface area contributed by atoms with E-state index < -0.39 is 0 Å². The van der Waals surface area contributed by atoms with Gasteiger partial charge >= 0.3 is 0 Å². The Hall–Kier alpha value is -1.26. The van der Waals surface area contributed by atoms with Crippen LogP contribution in [0, 0.1) is 20.8 Å². The van der Waals surface area contributed by atoms with Crippen molar-refractivity contribution in [2.45, 2.75) is 40.2 Å². The van der Waals surface area contributed by atoms with Crippen LogP contribution in [0.2, 0.25) is 0 Å². The summed E-state index contributed by atoms with van der Waals surface area (Å²) in [5.41, 5.74) is 11.3. The number of aromatic nitrogens is 2. The Balaban J connectivity index is 2.49. The molecule has 0 aliphatic rings. The van der Waals surface area contributed by atoms with E-state index in [4.69, 9.17) is 5.73 Å². The molecule has 1 heterocycles. The minimum atomic E-state index is 0.102. The summed E-state index contributed by atoms with van der Waals surface area (Å²) in [5, 5.41) is 0. The molecule has 2 aromatic rings. The third-order valence-corrected chi connectivity index (χ3v) is 4.38. The molecule has 1 unspecified atom stereocenters. The van der Waals surface area contributed by atoms with Crippen LogP contribution in [0.25, 0.3) is 11.4 Å².